The van der Waals surface area contributed by atoms with E-state index in [9.17, 15) is 13.2 Å². The van der Waals surface area contributed by atoms with Crippen LogP contribution in [0.1, 0.15) is 18.4 Å². The van der Waals surface area contributed by atoms with Crippen molar-refractivity contribution in [3.63, 3.8) is 0 Å². The fraction of sp³-hybridized carbons (Fsp3) is 0.538. The van der Waals surface area contributed by atoms with Crippen molar-refractivity contribution in [2.75, 3.05) is 19.3 Å². The van der Waals surface area contributed by atoms with Crippen molar-refractivity contribution in [1.29, 1.82) is 0 Å². The van der Waals surface area contributed by atoms with E-state index in [1.807, 2.05) is 0 Å². The largest absolute Gasteiger partial charge is 0.389 e. The Hall–Kier alpha value is -1.25. The fourth-order valence-electron chi connectivity index (χ4n) is 2.62. The predicted molar refractivity (Wildman–Crippen MR) is 85.7 cm³/mol. The Morgan fingerprint density at radius 1 is 1.52 bits per heavy atom. The van der Waals surface area contributed by atoms with Crippen LogP contribution in [0.3, 0.4) is 0 Å². The Balaban J connectivity index is 2.17. The van der Waals surface area contributed by atoms with Crippen LogP contribution in [0.4, 0.5) is 0 Å². The lowest BCUT2D eigenvalue weighted by Crippen LogP contribution is -2.41. The van der Waals surface area contributed by atoms with E-state index in [2.05, 4.69) is 0 Å². The number of pyridine rings is 1. The average Bonchev–Trinajstić information content (AvgIpc) is 2.40. The van der Waals surface area contributed by atoms with Crippen LogP contribution >= 0.6 is 12.2 Å². The molecule has 0 radical (unpaired) electrons. The molecule has 0 bridgehead atoms. The third-order valence-corrected chi connectivity index (χ3v) is 5.18. The number of hydrogen-bond acceptors (Lipinski definition) is 4. The fourth-order valence-corrected chi connectivity index (χ4v) is 3.72. The maximum Gasteiger partial charge on any atom is 0.260 e. The van der Waals surface area contributed by atoms with Crippen LogP contribution in [-0.4, -0.2) is 41.6 Å². The zero-order valence-corrected chi connectivity index (χ0v) is 13.5. The van der Waals surface area contributed by atoms with Crippen LogP contribution in [0.15, 0.2) is 23.1 Å². The van der Waals surface area contributed by atoms with E-state index < -0.39 is 10.0 Å². The van der Waals surface area contributed by atoms with Gasteiger partial charge in [-0.05, 0) is 30.9 Å². The standard InChI is InChI=1S/C13H19N3O3S2/c1-21(18,19)16-7-2-4-10(9-16)8-15-6-3-5-11(12(14)20)13(15)17/h3,5-6,10H,2,4,7-9H2,1H3,(H2,14,20). The van der Waals surface area contributed by atoms with E-state index in [-0.39, 0.29) is 16.5 Å². The molecule has 0 amide bonds. The van der Waals surface area contributed by atoms with E-state index >= 15 is 0 Å². The topological polar surface area (TPSA) is 85.4 Å². The van der Waals surface area contributed by atoms with Crippen molar-refractivity contribution in [3.05, 3.63) is 34.2 Å². The molecule has 2 rings (SSSR count). The highest BCUT2D eigenvalue weighted by molar-refractivity contribution is 7.88. The lowest BCUT2D eigenvalue weighted by Gasteiger charge is -2.31. The molecule has 1 aromatic rings. The molecular formula is C13H19N3O3S2. The SMILES string of the molecule is CS(=O)(=O)N1CCCC(Cn2cccc(C(N)=S)c2=O)C1. The minimum absolute atomic E-state index is 0.0794. The molecule has 0 saturated carbocycles. The Kier molecular flexibility index (Phi) is 4.80. The van der Waals surface area contributed by atoms with Crippen LogP contribution in [0, 0.1) is 5.92 Å². The number of nitrogens with two attached hydrogens (primary N) is 1. The molecule has 0 aromatic carbocycles. The van der Waals surface area contributed by atoms with Gasteiger partial charge in [0.25, 0.3) is 5.56 Å². The second-order valence-electron chi connectivity index (χ2n) is 5.37. The van der Waals surface area contributed by atoms with Crippen molar-refractivity contribution in [2.45, 2.75) is 19.4 Å². The Bertz CT molecular complexity index is 697. The number of thiocarbonyl (C=S) groups is 1. The molecule has 2 heterocycles. The molecule has 1 saturated heterocycles. The van der Waals surface area contributed by atoms with E-state index in [0.29, 0.717) is 25.2 Å². The summed E-state index contributed by atoms with van der Waals surface area (Å²) in [6, 6.07) is 3.33. The van der Waals surface area contributed by atoms with Gasteiger partial charge in [-0.25, -0.2) is 12.7 Å². The van der Waals surface area contributed by atoms with Crippen molar-refractivity contribution < 1.29 is 8.42 Å². The van der Waals surface area contributed by atoms with Crippen molar-refractivity contribution >= 4 is 27.2 Å². The van der Waals surface area contributed by atoms with Crippen molar-refractivity contribution in [2.24, 2.45) is 11.7 Å². The highest BCUT2D eigenvalue weighted by Gasteiger charge is 2.26. The lowest BCUT2D eigenvalue weighted by molar-refractivity contribution is 0.245. The first-order chi connectivity index (χ1) is 9.79. The first-order valence-electron chi connectivity index (χ1n) is 6.73. The number of piperidine rings is 1. The number of sulfonamides is 1. The van der Waals surface area contributed by atoms with Crippen molar-refractivity contribution in [1.82, 2.24) is 8.87 Å². The van der Waals surface area contributed by atoms with Gasteiger partial charge in [-0.3, -0.25) is 4.79 Å². The number of hydrogen-bond donors (Lipinski definition) is 1. The summed E-state index contributed by atoms with van der Waals surface area (Å²) in [5, 5.41) is 0. The molecule has 21 heavy (non-hydrogen) atoms. The first-order valence-corrected chi connectivity index (χ1v) is 8.99. The van der Waals surface area contributed by atoms with Crippen LogP contribution in [-0.2, 0) is 16.6 Å². The van der Waals surface area contributed by atoms with Crippen molar-refractivity contribution in [3.8, 4) is 0 Å². The van der Waals surface area contributed by atoms with Gasteiger partial charge < -0.3 is 10.3 Å². The van der Waals surface area contributed by atoms with Crippen LogP contribution in [0.25, 0.3) is 0 Å². The maximum atomic E-state index is 12.2. The Morgan fingerprint density at radius 2 is 2.24 bits per heavy atom. The molecule has 116 valence electrons. The molecule has 1 aliphatic rings. The van der Waals surface area contributed by atoms with Gasteiger partial charge in [0, 0.05) is 25.8 Å². The summed E-state index contributed by atoms with van der Waals surface area (Å²) in [6.45, 7) is 1.47. The molecule has 0 spiro atoms. The zero-order valence-electron chi connectivity index (χ0n) is 11.9. The highest BCUT2D eigenvalue weighted by atomic mass is 32.2. The number of nitrogens with zero attached hydrogens (tertiary/aromatic N) is 2. The highest BCUT2D eigenvalue weighted by Crippen LogP contribution is 2.19. The normalized spacial score (nSPS) is 20.3. The molecule has 8 heteroatoms. The van der Waals surface area contributed by atoms with Crippen LogP contribution in [0.5, 0.6) is 0 Å². The molecule has 1 atom stereocenters. The zero-order chi connectivity index (χ0) is 15.6. The van der Waals surface area contributed by atoms with Gasteiger partial charge in [0.2, 0.25) is 10.0 Å². The van der Waals surface area contributed by atoms with E-state index in [4.69, 9.17) is 18.0 Å². The van der Waals surface area contributed by atoms with Gasteiger partial charge >= 0.3 is 0 Å². The second kappa shape index (κ2) is 6.25. The quantitative estimate of drug-likeness (QED) is 0.795. The van der Waals surface area contributed by atoms with Gasteiger partial charge in [0.15, 0.2) is 0 Å². The predicted octanol–water partition coefficient (Wildman–Crippen LogP) is 0.154. The molecule has 1 unspecified atom stereocenters. The monoisotopic (exact) mass is 329 g/mol. The third kappa shape index (κ3) is 3.90. The summed E-state index contributed by atoms with van der Waals surface area (Å²) >= 11 is 4.86. The molecule has 1 aromatic heterocycles. The van der Waals surface area contributed by atoms with Gasteiger partial charge in [-0.15, -0.1) is 0 Å². The molecule has 0 aliphatic carbocycles. The second-order valence-corrected chi connectivity index (χ2v) is 7.80. The van der Waals surface area contributed by atoms with Gasteiger partial charge in [0.05, 0.1) is 11.8 Å². The minimum atomic E-state index is -3.18. The third-order valence-electron chi connectivity index (χ3n) is 3.69. The molecule has 1 fully saturated rings. The van der Waals surface area contributed by atoms with E-state index in [1.54, 1.807) is 22.9 Å². The number of rotatable bonds is 4. The summed E-state index contributed by atoms with van der Waals surface area (Å²) in [7, 11) is -3.18. The molecular weight excluding hydrogens is 310 g/mol. The van der Waals surface area contributed by atoms with Gasteiger partial charge in [0.1, 0.15) is 4.99 Å². The van der Waals surface area contributed by atoms with Crippen LogP contribution in [0.2, 0.25) is 0 Å². The smallest absolute Gasteiger partial charge is 0.260 e. The Labute approximate surface area is 129 Å². The van der Waals surface area contributed by atoms with E-state index in [0.717, 1.165) is 12.8 Å². The summed E-state index contributed by atoms with van der Waals surface area (Å²) in [5.74, 6) is 0.118. The molecule has 6 nitrogen and oxygen atoms in total. The molecule has 2 N–H and O–H groups in total. The summed E-state index contributed by atoms with van der Waals surface area (Å²) in [5.41, 5.74) is 5.63. The number of aromatic nitrogens is 1. The van der Waals surface area contributed by atoms with E-state index in [1.165, 1.54) is 10.6 Å². The first kappa shape index (κ1) is 16.1. The van der Waals surface area contributed by atoms with Gasteiger partial charge in [-0.2, -0.15) is 0 Å². The maximum absolute atomic E-state index is 12.2. The minimum Gasteiger partial charge on any atom is -0.389 e. The average molecular weight is 329 g/mol. The Morgan fingerprint density at radius 3 is 2.86 bits per heavy atom. The lowest BCUT2D eigenvalue weighted by atomic mass is 9.99. The summed E-state index contributed by atoms with van der Waals surface area (Å²) in [6.07, 6.45) is 4.61. The molecule has 1 aliphatic heterocycles. The summed E-state index contributed by atoms with van der Waals surface area (Å²) in [4.78, 5) is 12.3. The van der Waals surface area contributed by atoms with Gasteiger partial charge in [-0.1, -0.05) is 12.2 Å². The van der Waals surface area contributed by atoms with Crippen LogP contribution < -0.4 is 11.3 Å². The summed E-state index contributed by atoms with van der Waals surface area (Å²) < 4.78 is 26.3.